The van der Waals surface area contributed by atoms with Crippen molar-refractivity contribution in [2.24, 2.45) is 5.10 Å². The van der Waals surface area contributed by atoms with Crippen LogP contribution in [0.5, 0.6) is 5.75 Å². The molecule has 0 aliphatic carbocycles. The van der Waals surface area contributed by atoms with Crippen LogP contribution in [0.15, 0.2) is 23.3 Å². The van der Waals surface area contributed by atoms with Gasteiger partial charge >= 0.3 is 0 Å². The maximum absolute atomic E-state index is 11.2. The largest absolute Gasteiger partial charge is 0.495 e. The van der Waals surface area contributed by atoms with Gasteiger partial charge in [-0.05, 0) is 25.1 Å². The van der Waals surface area contributed by atoms with E-state index in [1.54, 1.807) is 24.3 Å². The first-order chi connectivity index (χ1) is 8.62. The minimum atomic E-state index is -0.315. The molecule has 0 amide bonds. The monoisotopic (exact) mass is 242 g/mol. The summed E-state index contributed by atoms with van der Waals surface area (Å²) in [6, 6.07) is 7.99. The Balaban J connectivity index is 3.11. The Morgan fingerprint density at radius 1 is 1.39 bits per heavy atom. The predicted molar refractivity (Wildman–Crippen MR) is 65.3 cm³/mol. The Hall–Kier alpha value is -2.86. The van der Waals surface area contributed by atoms with Gasteiger partial charge in [0, 0.05) is 5.56 Å². The van der Waals surface area contributed by atoms with E-state index in [0.29, 0.717) is 17.0 Å². The molecule has 0 aliphatic heterocycles. The van der Waals surface area contributed by atoms with Crippen molar-refractivity contribution < 1.29 is 9.53 Å². The lowest BCUT2D eigenvalue weighted by molar-refractivity contribution is 0.101. The third-order valence-corrected chi connectivity index (χ3v) is 2.11. The summed E-state index contributed by atoms with van der Waals surface area (Å²) in [7, 11) is 1.47. The first-order valence-electron chi connectivity index (χ1n) is 4.95. The highest BCUT2D eigenvalue weighted by Crippen LogP contribution is 2.25. The molecular formula is C12H10N4O2. The Morgan fingerprint density at radius 2 is 2.06 bits per heavy atom. The minimum absolute atomic E-state index is 0.106. The number of anilines is 1. The molecule has 0 saturated heterocycles. The van der Waals surface area contributed by atoms with E-state index in [-0.39, 0.29) is 11.5 Å². The van der Waals surface area contributed by atoms with E-state index < -0.39 is 0 Å². The van der Waals surface area contributed by atoms with Crippen LogP contribution >= 0.6 is 0 Å². The standard InChI is InChI=1S/C12H10N4O2/c1-8(17)9-3-4-12(18-2)11(5-9)16-15-10(6-13)7-14/h3-5,16H,1-2H3. The molecule has 0 fully saturated rings. The van der Waals surface area contributed by atoms with E-state index in [1.807, 2.05) is 0 Å². The molecule has 6 nitrogen and oxygen atoms in total. The van der Waals surface area contributed by atoms with Crippen molar-refractivity contribution in [3.05, 3.63) is 23.8 Å². The van der Waals surface area contributed by atoms with Gasteiger partial charge in [0.1, 0.15) is 17.9 Å². The number of benzene rings is 1. The van der Waals surface area contributed by atoms with Gasteiger partial charge in [0.15, 0.2) is 5.78 Å². The maximum atomic E-state index is 11.2. The number of methoxy groups -OCH3 is 1. The summed E-state index contributed by atoms with van der Waals surface area (Å²) in [6.45, 7) is 1.44. The highest BCUT2D eigenvalue weighted by Gasteiger charge is 2.07. The van der Waals surface area contributed by atoms with E-state index in [1.165, 1.54) is 20.1 Å². The Labute approximate surface area is 104 Å². The molecule has 6 heteroatoms. The highest BCUT2D eigenvalue weighted by atomic mass is 16.5. The molecule has 90 valence electrons. The second-order valence-electron chi connectivity index (χ2n) is 3.27. The van der Waals surface area contributed by atoms with E-state index in [4.69, 9.17) is 15.3 Å². The van der Waals surface area contributed by atoms with Gasteiger partial charge in [-0.25, -0.2) is 0 Å². The van der Waals surface area contributed by atoms with E-state index in [9.17, 15) is 4.79 Å². The van der Waals surface area contributed by atoms with Gasteiger partial charge in [0.2, 0.25) is 5.71 Å². The van der Waals surface area contributed by atoms with Crippen LogP contribution in [-0.2, 0) is 0 Å². The zero-order valence-corrected chi connectivity index (χ0v) is 9.89. The first-order valence-corrected chi connectivity index (χ1v) is 4.95. The van der Waals surface area contributed by atoms with E-state index >= 15 is 0 Å². The number of rotatable bonds is 4. The topological polar surface area (TPSA) is 98.3 Å². The Kier molecular flexibility index (Phi) is 4.42. The second-order valence-corrected chi connectivity index (χ2v) is 3.27. The fraction of sp³-hybridized carbons (Fsp3) is 0.167. The van der Waals surface area contributed by atoms with Gasteiger partial charge in [-0.15, -0.1) is 0 Å². The Morgan fingerprint density at radius 3 is 2.56 bits per heavy atom. The molecule has 0 atom stereocenters. The van der Waals surface area contributed by atoms with Crippen LogP contribution in [0.2, 0.25) is 0 Å². The summed E-state index contributed by atoms with van der Waals surface area (Å²) in [5.74, 6) is 0.351. The molecule has 0 aromatic heterocycles. The number of Topliss-reactive ketones (excluding diaryl/α,β-unsaturated/α-hetero) is 1. The van der Waals surface area contributed by atoms with E-state index in [0.717, 1.165) is 0 Å². The quantitative estimate of drug-likeness (QED) is 0.492. The van der Waals surface area contributed by atoms with Crippen molar-refractivity contribution in [3.8, 4) is 17.9 Å². The molecule has 1 aromatic carbocycles. The smallest absolute Gasteiger partial charge is 0.237 e. The lowest BCUT2D eigenvalue weighted by Gasteiger charge is -2.08. The fourth-order valence-electron chi connectivity index (χ4n) is 1.21. The number of nitriles is 2. The summed E-state index contributed by atoms with van der Waals surface area (Å²) in [5, 5.41) is 20.7. The van der Waals surface area contributed by atoms with Crippen LogP contribution in [0, 0.1) is 22.7 Å². The molecule has 0 heterocycles. The van der Waals surface area contributed by atoms with Crippen LogP contribution in [0.25, 0.3) is 0 Å². The van der Waals surface area contributed by atoms with Gasteiger partial charge in [-0.3, -0.25) is 10.2 Å². The summed E-state index contributed by atoms with van der Waals surface area (Å²) in [4.78, 5) is 11.2. The van der Waals surface area contributed by atoms with Crippen molar-refractivity contribution in [2.75, 3.05) is 12.5 Å². The first kappa shape index (κ1) is 13.2. The molecular weight excluding hydrogens is 232 g/mol. The number of nitrogens with zero attached hydrogens (tertiary/aromatic N) is 3. The Bertz CT molecular complexity index is 563. The summed E-state index contributed by atoms with van der Waals surface area (Å²) >= 11 is 0. The number of hydrogen-bond acceptors (Lipinski definition) is 6. The molecule has 0 aliphatic rings. The lowest BCUT2D eigenvalue weighted by atomic mass is 10.1. The van der Waals surface area contributed by atoms with Crippen LogP contribution < -0.4 is 10.2 Å². The number of carbonyl (C=O) groups excluding carboxylic acids is 1. The third-order valence-electron chi connectivity index (χ3n) is 2.11. The average molecular weight is 242 g/mol. The normalized spacial score (nSPS) is 8.67. The molecule has 0 saturated carbocycles. The zero-order chi connectivity index (χ0) is 13.5. The second kappa shape index (κ2) is 6.02. The molecule has 0 unspecified atom stereocenters. The number of hydrogen-bond donors (Lipinski definition) is 1. The number of hydrazone groups is 1. The molecule has 18 heavy (non-hydrogen) atoms. The molecule has 1 N–H and O–H groups in total. The SMILES string of the molecule is COc1ccc(C(C)=O)cc1NN=C(C#N)C#N. The molecule has 0 bridgehead atoms. The van der Waals surface area contributed by atoms with Crippen molar-refractivity contribution in [1.82, 2.24) is 0 Å². The van der Waals surface area contributed by atoms with Gasteiger partial charge in [-0.1, -0.05) is 0 Å². The van der Waals surface area contributed by atoms with Crippen LogP contribution in [-0.4, -0.2) is 18.6 Å². The average Bonchev–Trinajstić information content (AvgIpc) is 2.39. The molecule has 1 aromatic rings. The summed E-state index contributed by atoms with van der Waals surface area (Å²) in [5.41, 5.74) is 3.10. The van der Waals surface area contributed by atoms with E-state index in [2.05, 4.69) is 10.5 Å². The molecule has 0 spiro atoms. The van der Waals surface area contributed by atoms with Gasteiger partial charge in [-0.2, -0.15) is 15.6 Å². The number of carbonyl (C=O) groups is 1. The van der Waals surface area contributed by atoms with Crippen molar-refractivity contribution in [3.63, 3.8) is 0 Å². The van der Waals surface area contributed by atoms with Crippen LogP contribution in [0.4, 0.5) is 5.69 Å². The lowest BCUT2D eigenvalue weighted by Crippen LogP contribution is -2.00. The zero-order valence-electron chi connectivity index (χ0n) is 9.89. The predicted octanol–water partition coefficient (Wildman–Crippen LogP) is 1.71. The fourth-order valence-corrected chi connectivity index (χ4v) is 1.21. The van der Waals surface area contributed by atoms with Crippen molar-refractivity contribution >= 4 is 17.2 Å². The van der Waals surface area contributed by atoms with Gasteiger partial charge in [0.25, 0.3) is 0 Å². The van der Waals surface area contributed by atoms with Crippen LogP contribution in [0.3, 0.4) is 0 Å². The van der Waals surface area contributed by atoms with Crippen molar-refractivity contribution in [1.29, 1.82) is 10.5 Å². The third kappa shape index (κ3) is 3.06. The number of ether oxygens (including phenoxy) is 1. The van der Waals surface area contributed by atoms with Crippen LogP contribution in [0.1, 0.15) is 17.3 Å². The van der Waals surface area contributed by atoms with Gasteiger partial charge < -0.3 is 4.74 Å². The number of nitrogens with one attached hydrogen (secondary N) is 1. The highest BCUT2D eigenvalue weighted by molar-refractivity contribution is 6.10. The number of ketones is 1. The summed E-state index contributed by atoms with van der Waals surface area (Å²) < 4.78 is 5.07. The molecule has 1 rings (SSSR count). The minimum Gasteiger partial charge on any atom is -0.495 e. The van der Waals surface area contributed by atoms with Gasteiger partial charge in [0.05, 0.1) is 12.8 Å². The molecule has 0 radical (unpaired) electrons. The maximum Gasteiger partial charge on any atom is 0.237 e. The van der Waals surface area contributed by atoms with Crippen molar-refractivity contribution in [2.45, 2.75) is 6.92 Å². The summed E-state index contributed by atoms with van der Waals surface area (Å²) in [6.07, 6.45) is 0.